The average Bonchev–Trinajstić information content (AvgIpc) is 2.15. The quantitative estimate of drug-likeness (QED) is 0.570. The summed E-state index contributed by atoms with van der Waals surface area (Å²) in [7, 11) is 1.33. The van der Waals surface area contributed by atoms with E-state index in [-0.39, 0.29) is 16.9 Å². The predicted molar refractivity (Wildman–Crippen MR) is 48.5 cm³/mol. The van der Waals surface area contributed by atoms with Gasteiger partial charge in [-0.15, -0.1) is 5.75 Å². The van der Waals surface area contributed by atoms with Crippen molar-refractivity contribution in [1.29, 1.82) is 0 Å². The molecule has 4 nitrogen and oxygen atoms in total. The molecule has 74 valence electrons. The van der Waals surface area contributed by atoms with Crippen molar-refractivity contribution in [2.45, 2.75) is 0 Å². The first-order valence-corrected chi connectivity index (χ1v) is 3.89. The standard InChI is InChI=1S/C10H10O4/c1-14-6-8(10(12)13)7-4-2-3-5-9(7)11/h2-6,11H,1H3,(H,12,13)/p-1/b8-6-. The van der Waals surface area contributed by atoms with Gasteiger partial charge in [-0.25, -0.2) is 4.79 Å². The Morgan fingerprint density at radius 2 is 2.14 bits per heavy atom. The van der Waals surface area contributed by atoms with Crippen LogP contribution in [0.1, 0.15) is 5.56 Å². The van der Waals surface area contributed by atoms with Crippen LogP contribution < -0.4 is 5.11 Å². The lowest BCUT2D eigenvalue weighted by atomic mass is 10.1. The van der Waals surface area contributed by atoms with E-state index in [9.17, 15) is 9.90 Å². The van der Waals surface area contributed by atoms with Crippen molar-refractivity contribution in [1.82, 2.24) is 0 Å². The van der Waals surface area contributed by atoms with Crippen molar-refractivity contribution < 1.29 is 19.7 Å². The van der Waals surface area contributed by atoms with E-state index in [1.165, 1.54) is 19.2 Å². The smallest absolute Gasteiger partial charge is 0.339 e. The molecule has 14 heavy (non-hydrogen) atoms. The van der Waals surface area contributed by atoms with Gasteiger partial charge in [-0.3, -0.25) is 0 Å². The van der Waals surface area contributed by atoms with Crippen molar-refractivity contribution >= 4 is 11.5 Å². The summed E-state index contributed by atoms with van der Waals surface area (Å²) >= 11 is 0. The van der Waals surface area contributed by atoms with Crippen LogP contribution >= 0.6 is 0 Å². The minimum atomic E-state index is -1.19. The number of hydrogen-bond donors (Lipinski definition) is 1. The minimum absolute atomic E-state index is 0.127. The highest BCUT2D eigenvalue weighted by Gasteiger charge is 2.10. The fourth-order valence-corrected chi connectivity index (χ4v) is 1.04. The van der Waals surface area contributed by atoms with Gasteiger partial charge in [0.1, 0.15) is 5.57 Å². The van der Waals surface area contributed by atoms with Crippen LogP contribution in [0.5, 0.6) is 5.75 Å². The van der Waals surface area contributed by atoms with Crippen molar-refractivity contribution in [3.8, 4) is 5.75 Å². The summed E-state index contributed by atoms with van der Waals surface area (Å²) in [5.41, 5.74) is -0.0139. The monoisotopic (exact) mass is 193 g/mol. The van der Waals surface area contributed by atoms with E-state index in [0.717, 1.165) is 6.26 Å². The zero-order valence-corrected chi connectivity index (χ0v) is 7.56. The Morgan fingerprint density at radius 1 is 1.50 bits per heavy atom. The molecule has 0 spiro atoms. The summed E-state index contributed by atoms with van der Waals surface area (Å²) in [6, 6.07) is 5.91. The van der Waals surface area contributed by atoms with Gasteiger partial charge in [0.25, 0.3) is 0 Å². The third kappa shape index (κ3) is 2.04. The second-order valence-corrected chi connectivity index (χ2v) is 2.57. The highest BCUT2D eigenvalue weighted by atomic mass is 16.5. The largest absolute Gasteiger partial charge is 0.872 e. The molecule has 1 aromatic carbocycles. The van der Waals surface area contributed by atoms with Gasteiger partial charge in [0.15, 0.2) is 0 Å². The maximum Gasteiger partial charge on any atom is 0.339 e. The predicted octanol–water partition coefficient (Wildman–Crippen LogP) is 0.832. The molecule has 0 aromatic heterocycles. The van der Waals surface area contributed by atoms with Gasteiger partial charge in [-0.1, -0.05) is 24.3 Å². The Bertz CT molecular complexity index is 368. The van der Waals surface area contributed by atoms with Gasteiger partial charge in [-0.05, 0) is 5.56 Å². The fourth-order valence-electron chi connectivity index (χ4n) is 1.04. The second-order valence-electron chi connectivity index (χ2n) is 2.57. The Balaban J connectivity index is 3.19. The average molecular weight is 193 g/mol. The zero-order valence-electron chi connectivity index (χ0n) is 7.56. The lowest BCUT2D eigenvalue weighted by Crippen LogP contribution is -2.04. The van der Waals surface area contributed by atoms with Gasteiger partial charge in [0.05, 0.1) is 13.4 Å². The van der Waals surface area contributed by atoms with Gasteiger partial charge >= 0.3 is 5.97 Å². The van der Waals surface area contributed by atoms with Crippen LogP contribution in [-0.4, -0.2) is 18.2 Å². The zero-order chi connectivity index (χ0) is 10.6. The van der Waals surface area contributed by atoms with Crippen LogP contribution in [0.15, 0.2) is 30.5 Å². The summed E-state index contributed by atoms with van der Waals surface area (Å²) in [4.78, 5) is 10.8. The normalized spacial score (nSPS) is 11.1. The number of hydrogen-bond acceptors (Lipinski definition) is 3. The van der Waals surface area contributed by atoms with E-state index in [1.807, 2.05) is 0 Å². The van der Waals surface area contributed by atoms with Crippen molar-refractivity contribution in [2.75, 3.05) is 7.11 Å². The van der Waals surface area contributed by atoms with E-state index in [0.29, 0.717) is 0 Å². The lowest BCUT2D eigenvalue weighted by Gasteiger charge is -2.12. The number of carboxylic acid groups (broad SMARTS) is 1. The third-order valence-corrected chi connectivity index (χ3v) is 1.64. The minimum Gasteiger partial charge on any atom is -0.872 e. The second kappa shape index (κ2) is 4.32. The molecule has 0 amide bonds. The SMILES string of the molecule is CO/C=C(\C(=O)O)c1ccccc1[O-]. The highest BCUT2D eigenvalue weighted by molar-refractivity contribution is 6.15. The Labute approximate surface area is 81.1 Å². The molecule has 1 aromatic rings. The van der Waals surface area contributed by atoms with Crippen LogP contribution in [0.4, 0.5) is 0 Å². The number of para-hydroxylation sites is 1. The number of methoxy groups -OCH3 is 1. The first-order chi connectivity index (χ1) is 6.66. The van der Waals surface area contributed by atoms with E-state index < -0.39 is 5.97 Å². The lowest BCUT2D eigenvalue weighted by molar-refractivity contribution is -0.268. The number of carbonyl (C=O) groups is 1. The van der Waals surface area contributed by atoms with Gasteiger partial charge in [-0.2, -0.15) is 0 Å². The fraction of sp³-hybridized carbons (Fsp3) is 0.100. The van der Waals surface area contributed by atoms with Crippen LogP contribution in [0.25, 0.3) is 5.57 Å². The molecule has 0 atom stereocenters. The number of rotatable bonds is 3. The van der Waals surface area contributed by atoms with Crippen molar-refractivity contribution in [3.05, 3.63) is 36.1 Å². The molecule has 0 aliphatic carbocycles. The van der Waals surface area contributed by atoms with Crippen molar-refractivity contribution in [3.63, 3.8) is 0 Å². The van der Waals surface area contributed by atoms with E-state index in [1.54, 1.807) is 12.1 Å². The third-order valence-electron chi connectivity index (χ3n) is 1.64. The molecule has 0 aliphatic heterocycles. The molecule has 0 bridgehead atoms. The Morgan fingerprint density at radius 3 is 2.64 bits per heavy atom. The maximum atomic E-state index is 11.3. The Kier molecular flexibility index (Phi) is 3.12. The molecular formula is C10H9O4-. The molecule has 0 aliphatic rings. The molecule has 0 saturated heterocycles. The molecule has 0 unspecified atom stereocenters. The van der Waals surface area contributed by atoms with Gasteiger partial charge < -0.3 is 14.9 Å². The number of aliphatic carboxylic acids is 1. The number of ether oxygens (including phenoxy) is 1. The number of carboxylic acids is 1. The van der Waals surface area contributed by atoms with Gasteiger partial charge in [0.2, 0.25) is 0 Å². The summed E-state index contributed by atoms with van der Waals surface area (Å²) in [5, 5.41) is 20.1. The molecule has 0 heterocycles. The summed E-state index contributed by atoms with van der Waals surface area (Å²) in [6.07, 6.45) is 1.04. The summed E-state index contributed by atoms with van der Waals surface area (Å²) in [6.45, 7) is 0. The summed E-state index contributed by atoms with van der Waals surface area (Å²) < 4.78 is 4.59. The molecular weight excluding hydrogens is 184 g/mol. The molecule has 0 radical (unpaired) electrons. The molecule has 0 saturated carbocycles. The molecule has 1 N–H and O–H groups in total. The first-order valence-electron chi connectivity index (χ1n) is 3.89. The topological polar surface area (TPSA) is 69.6 Å². The van der Waals surface area contributed by atoms with E-state index >= 15 is 0 Å². The summed E-state index contributed by atoms with van der Waals surface area (Å²) in [5.74, 6) is -1.52. The molecule has 1 rings (SSSR count). The van der Waals surface area contributed by atoms with E-state index in [2.05, 4.69) is 4.74 Å². The van der Waals surface area contributed by atoms with Crippen molar-refractivity contribution in [2.24, 2.45) is 0 Å². The van der Waals surface area contributed by atoms with Crippen LogP contribution in [0, 0.1) is 0 Å². The maximum absolute atomic E-state index is 11.3. The van der Waals surface area contributed by atoms with Gasteiger partial charge in [0, 0.05) is 0 Å². The van der Waals surface area contributed by atoms with Crippen LogP contribution in [-0.2, 0) is 9.53 Å². The van der Waals surface area contributed by atoms with E-state index in [4.69, 9.17) is 5.11 Å². The Hall–Kier alpha value is -1.97. The van der Waals surface area contributed by atoms with Crippen LogP contribution in [0.2, 0.25) is 0 Å². The number of benzene rings is 1. The first kappa shape index (κ1) is 10.1. The molecule has 0 fully saturated rings. The molecule has 4 heteroatoms. The highest BCUT2D eigenvalue weighted by Crippen LogP contribution is 2.22. The van der Waals surface area contributed by atoms with Crippen LogP contribution in [0.3, 0.4) is 0 Å².